The first-order valence-corrected chi connectivity index (χ1v) is 11.7. The second-order valence-corrected chi connectivity index (χ2v) is 8.96. The highest BCUT2D eigenvalue weighted by atomic mass is 16.7. The van der Waals surface area contributed by atoms with Crippen molar-refractivity contribution in [2.75, 3.05) is 32.4 Å². The van der Waals surface area contributed by atoms with Crippen molar-refractivity contribution in [2.24, 2.45) is 0 Å². The van der Waals surface area contributed by atoms with Gasteiger partial charge in [-0.2, -0.15) is 0 Å². The zero-order valence-electron chi connectivity index (χ0n) is 19.9. The maximum atomic E-state index is 13.3. The molecule has 1 aliphatic carbocycles. The quantitative estimate of drug-likeness (QED) is 0.463. The van der Waals surface area contributed by atoms with Crippen LogP contribution in [0.25, 0.3) is 11.1 Å². The van der Waals surface area contributed by atoms with Gasteiger partial charge in [0.25, 0.3) is 5.91 Å². The average Bonchev–Trinajstić information content (AvgIpc) is 3.56. The van der Waals surface area contributed by atoms with Crippen molar-refractivity contribution in [3.05, 3.63) is 77.4 Å². The third-order valence-electron chi connectivity index (χ3n) is 6.66. The topological polar surface area (TPSA) is 85.9 Å². The molecule has 0 saturated heterocycles. The van der Waals surface area contributed by atoms with E-state index in [-0.39, 0.29) is 20.0 Å². The molecule has 0 bridgehead atoms. The number of carbonyl (C=O) groups is 2. The fourth-order valence-corrected chi connectivity index (χ4v) is 4.40. The number of nitrogens with one attached hydrogen (secondary N) is 2. The third-order valence-corrected chi connectivity index (χ3v) is 6.66. The van der Waals surface area contributed by atoms with Gasteiger partial charge in [0.2, 0.25) is 12.7 Å². The molecule has 2 aliphatic rings. The predicted octanol–water partition coefficient (Wildman–Crippen LogP) is 4.68. The smallest absolute Gasteiger partial charge is 0.251 e. The lowest BCUT2D eigenvalue weighted by atomic mass is 9.94. The van der Waals surface area contributed by atoms with Crippen molar-refractivity contribution in [3.63, 3.8) is 0 Å². The van der Waals surface area contributed by atoms with Crippen LogP contribution in [0.5, 0.6) is 11.5 Å². The van der Waals surface area contributed by atoms with Crippen LogP contribution >= 0.6 is 0 Å². The minimum atomic E-state index is -0.538. The van der Waals surface area contributed by atoms with E-state index in [9.17, 15) is 9.59 Å². The maximum absolute atomic E-state index is 13.3. The number of aryl methyl sites for hydroxylation is 1. The number of fused-ring (bicyclic) bond motifs is 1. The first kappa shape index (κ1) is 22.9. The molecule has 0 unspecified atom stereocenters. The van der Waals surface area contributed by atoms with Gasteiger partial charge in [-0.05, 0) is 78.4 Å². The molecule has 0 spiro atoms. The summed E-state index contributed by atoms with van der Waals surface area (Å²) in [5.74, 6) is 1.25. The lowest BCUT2D eigenvalue weighted by molar-refractivity contribution is -0.118. The van der Waals surface area contributed by atoms with E-state index in [1.807, 2.05) is 55.5 Å². The fourth-order valence-electron chi connectivity index (χ4n) is 4.40. The molecule has 2 N–H and O–H groups in total. The van der Waals surface area contributed by atoms with E-state index in [4.69, 9.17) is 14.2 Å². The normalized spacial score (nSPS) is 14.9. The lowest BCUT2D eigenvalue weighted by Crippen LogP contribution is -2.27. The molecule has 7 heteroatoms. The van der Waals surface area contributed by atoms with Crippen LogP contribution < -0.4 is 20.1 Å². The van der Waals surface area contributed by atoms with Crippen molar-refractivity contribution in [1.82, 2.24) is 5.32 Å². The molecule has 5 rings (SSSR count). The molecular formula is C28H30N2O5. The predicted molar refractivity (Wildman–Crippen MR) is 135 cm³/mol. The number of carbonyl (C=O) groups excluding carboxylic acids is 2. The second kappa shape index (κ2) is 9.43. The van der Waals surface area contributed by atoms with Gasteiger partial charge >= 0.3 is 0 Å². The van der Waals surface area contributed by atoms with Gasteiger partial charge in [0.15, 0.2) is 11.5 Å². The Kier molecular flexibility index (Phi) is 6.17. The van der Waals surface area contributed by atoms with E-state index in [0.717, 1.165) is 40.8 Å². The largest absolute Gasteiger partial charge is 0.454 e. The second-order valence-electron chi connectivity index (χ2n) is 8.96. The van der Waals surface area contributed by atoms with Crippen LogP contribution in [0.4, 0.5) is 5.69 Å². The zero-order chi connectivity index (χ0) is 24.4. The molecule has 3 aromatic carbocycles. The number of hydrogen-bond donors (Lipinski definition) is 2. The molecule has 0 atom stereocenters. The summed E-state index contributed by atoms with van der Waals surface area (Å²) < 4.78 is 15.9. The summed E-state index contributed by atoms with van der Waals surface area (Å²) in [6, 6.07) is 19.1. The molecule has 2 amide bonds. The van der Waals surface area contributed by atoms with Gasteiger partial charge in [0, 0.05) is 26.3 Å². The lowest BCUT2D eigenvalue weighted by Gasteiger charge is -2.17. The van der Waals surface area contributed by atoms with Crippen molar-refractivity contribution in [2.45, 2.75) is 25.2 Å². The van der Waals surface area contributed by atoms with E-state index in [1.165, 1.54) is 0 Å². The molecule has 0 aromatic heterocycles. The van der Waals surface area contributed by atoms with Crippen LogP contribution in [0.2, 0.25) is 0 Å². The van der Waals surface area contributed by atoms with Gasteiger partial charge in [0.1, 0.15) is 0 Å². The van der Waals surface area contributed by atoms with Gasteiger partial charge in [-0.25, -0.2) is 0 Å². The van der Waals surface area contributed by atoms with Gasteiger partial charge in [-0.15, -0.1) is 0 Å². The van der Waals surface area contributed by atoms with Crippen LogP contribution in [0, 0.1) is 6.92 Å². The summed E-state index contributed by atoms with van der Waals surface area (Å²) >= 11 is 0. The number of amides is 2. The monoisotopic (exact) mass is 474 g/mol. The number of methoxy groups -OCH3 is 1. The van der Waals surface area contributed by atoms with Crippen molar-refractivity contribution in [1.29, 1.82) is 0 Å². The van der Waals surface area contributed by atoms with Crippen LogP contribution in [0.15, 0.2) is 60.7 Å². The van der Waals surface area contributed by atoms with Crippen molar-refractivity contribution < 1.29 is 25.2 Å². The molecule has 0 radical (unpaired) electrons. The van der Waals surface area contributed by atoms with E-state index in [0.29, 0.717) is 30.2 Å². The van der Waals surface area contributed by atoms with Crippen LogP contribution in [-0.2, 0) is 14.9 Å². The fraction of sp³-hybridized carbons (Fsp3) is 0.286. The van der Waals surface area contributed by atoms with E-state index in [1.54, 1.807) is 19.2 Å². The Morgan fingerprint density at radius 3 is 2.51 bits per heavy atom. The SMILES string of the molecule is COCCNC(=O)c1ccc(-c2cc(NC(=O)C3(c4ccc5c(c4)OCO5)CC3)ccc2C)cc1.[HH]. The molecular weight excluding hydrogens is 444 g/mol. The Bertz CT molecular complexity index is 1270. The van der Waals surface area contributed by atoms with Crippen LogP contribution in [-0.4, -0.2) is 38.9 Å². The van der Waals surface area contributed by atoms with Crippen LogP contribution in [0.1, 0.15) is 35.8 Å². The van der Waals surface area contributed by atoms with Gasteiger partial charge in [0.05, 0.1) is 12.0 Å². The van der Waals surface area contributed by atoms with Crippen LogP contribution in [0.3, 0.4) is 0 Å². The van der Waals surface area contributed by atoms with Crippen molar-refractivity contribution in [3.8, 4) is 22.6 Å². The molecule has 182 valence electrons. The molecule has 1 saturated carbocycles. The van der Waals surface area contributed by atoms with E-state index in [2.05, 4.69) is 10.6 Å². The minimum absolute atomic E-state index is 0. The first-order valence-electron chi connectivity index (χ1n) is 11.7. The number of anilines is 1. The first-order chi connectivity index (χ1) is 17.0. The maximum Gasteiger partial charge on any atom is 0.251 e. The molecule has 35 heavy (non-hydrogen) atoms. The highest BCUT2D eigenvalue weighted by Gasteiger charge is 2.51. The Hall–Kier alpha value is -3.84. The van der Waals surface area contributed by atoms with E-state index < -0.39 is 5.41 Å². The number of benzene rings is 3. The molecule has 1 heterocycles. The summed E-state index contributed by atoms with van der Waals surface area (Å²) in [5.41, 5.74) is 4.80. The molecule has 1 aliphatic heterocycles. The Balaban J connectivity index is 0.00000304. The summed E-state index contributed by atoms with van der Waals surface area (Å²) in [7, 11) is 1.60. The summed E-state index contributed by atoms with van der Waals surface area (Å²) in [5, 5.41) is 5.94. The molecule has 1 fully saturated rings. The average molecular weight is 475 g/mol. The molecule has 3 aromatic rings. The highest BCUT2D eigenvalue weighted by molar-refractivity contribution is 6.02. The summed E-state index contributed by atoms with van der Waals surface area (Å²) in [6.07, 6.45) is 1.59. The van der Waals surface area contributed by atoms with Crippen molar-refractivity contribution >= 4 is 17.5 Å². The van der Waals surface area contributed by atoms with Gasteiger partial charge < -0.3 is 24.8 Å². The van der Waals surface area contributed by atoms with E-state index >= 15 is 0 Å². The zero-order valence-corrected chi connectivity index (χ0v) is 19.9. The highest BCUT2D eigenvalue weighted by Crippen LogP contribution is 2.51. The Morgan fingerprint density at radius 2 is 1.77 bits per heavy atom. The Labute approximate surface area is 205 Å². The summed E-state index contributed by atoms with van der Waals surface area (Å²) in [4.78, 5) is 25.6. The minimum Gasteiger partial charge on any atom is -0.454 e. The molecule has 7 nitrogen and oxygen atoms in total. The Morgan fingerprint density at radius 1 is 1.00 bits per heavy atom. The van der Waals surface area contributed by atoms with Gasteiger partial charge in [-0.3, -0.25) is 9.59 Å². The number of hydrogen-bond acceptors (Lipinski definition) is 5. The number of ether oxygens (including phenoxy) is 3. The van der Waals surface area contributed by atoms with Gasteiger partial charge in [-0.1, -0.05) is 24.3 Å². The number of rotatable bonds is 8. The third kappa shape index (κ3) is 4.59. The standard InChI is InChI=1S/C28H28N2O5.H2/c1-18-3-9-22(16-23(18)19-4-6-20(7-5-19)26(31)29-13-14-33-2)30-27(32)28(11-12-28)21-8-10-24-25(15-21)35-17-34-24;/h3-10,15-16H,11-14,17H2,1-2H3,(H,29,31)(H,30,32);1H. The summed E-state index contributed by atoms with van der Waals surface area (Å²) in [6.45, 7) is 3.17.